The summed E-state index contributed by atoms with van der Waals surface area (Å²) in [7, 11) is -1.31. The zero-order valence-electron chi connectivity index (χ0n) is 9.97. The molecule has 1 aromatic carbocycles. The van der Waals surface area contributed by atoms with Crippen LogP contribution in [-0.4, -0.2) is 39.3 Å². The van der Waals surface area contributed by atoms with Gasteiger partial charge in [-0.15, -0.1) is 0 Å². The lowest BCUT2D eigenvalue weighted by Crippen LogP contribution is -2.33. The highest BCUT2D eigenvalue weighted by Gasteiger charge is 2.31. The Morgan fingerprint density at radius 1 is 1.44 bits per heavy atom. The van der Waals surface area contributed by atoms with Crippen LogP contribution in [0.25, 0.3) is 0 Å². The van der Waals surface area contributed by atoms with Crippen molar-refractivity contribution in [2.75, 3.05) is 23.5 Å². The smallest absolute Gasteiger partial charge is 0.155 e. The van der Waals surface area contributed by atoms with Gasteiger partial charge in [0.1, 0.15) is 5.82 Å². The number of hydrogen-bond acceptors (Lipinski definition) is 4. The number of hydrogen-bond donors (Lipinski definition) is 0. The van der Waals surface area contributed by atoms with Crippen molar-refractivity contribution in [1.29, 1.82) is 0 Å². The molecule has 0 radical (unpaired) electrons. The summed E-state index contributed by atoms with van der Waals surface area (Å²) >= 11 is 0. The standard InChI is InChI=1S/C12H14FNO3S/c1-14(9-5-6-18(16,17)8-9)12-4-2-3-11(13)10(12)7-15/h2-4,7,9H,5-6,8H2,1H3. The molecule has 18 heavy (non-hydrogen) atoms. The minimum atomic E-state index is -3.00. The molecule has 0 amide bonds. The fourth-order valence-electron chi connectivity index (χ4n) is 2.23. The molecule has 1 aliphatic rings. The number of carbonyl (C=O) groups excluding carboxylic acids is 1. The summed E-state index contributed by atoms with van der Waals surface area (Å²) in [5.41, 5.74) is 0.413. The minimum absolute atomic E-state index is 0.0238. The van der Waals surface area contributed by atoms with Crippen LogP contribution in [0.15, 0.2) is 18.2 Å². The zero-order valence-corrected chi connectivity index (χ0v) is 10.8. The lowest BCUT2D eigenvalue weighted by molar-refractivity contribution is 0.112. The molecule has 0 N–H and O–H groups in total. The van der Waals surface area contributed by atoms with E-state index >= 15 is 0 Å². The molecule has 1 aromatic rings. The number of sulfone groups is 1. The van der Waals surface area contributed by atoms with E-state index in [0.29, 0.717) is 18.4 Å². The maximum absolute atomic E-state index is 13.5. The van der Waals surface area contributed by atoms with Gasteiger partial charge in [0.05, 0.1) is 22.8 Å². The molecule has 1 aliphatic heterocycles. The molecule has 1 saturated heterocycles. The first-order valence-electron chi connectivity index (χ1n) is 5.61. The predicted molar refractivity (Wildman–Crippen MR) is 67.2 cm³/mol. The third kappa shape index (κ3) is 2.38. The molecule has 1 atom stereocenters. The van der Waals surface area contributed by atoms with Crippen LogP contribution in [0, 0.1) is 5.82 Å². The Balaban J connectivity index is 2.32. The van der Waals surface area contributed by atoms with Crippen molar-refractivity contribution in [1.82, 2.24) is 0 Å². The molecule has 0 spiro atoms. The first-order valence-corrected chi connectivity index (χ1v) is 7.43. The molecule has 0 aromatic heterocycles. The van der Waals surface area contributed by atoms with Crippen molar-refractivity contribution in [3.8, 4) is 0 Å². The Labute approximate surface area is 105 Å². The van der Waals surface area contributed by atoms with Crippen molar-refractivity contribution in [2.24, 2.45) is 0 Å². The average molecular weight is 271 g/mol. The fraction of sp³-hybridized carbons (Fsp3) is 0.417. The van der Waals surface area contributed by atoms with E-state index in [1.807, 2.05) is 0 Å². The Kier molecular flexibility index (Phi) is 3.38. The number of carbonyl (C=O) groups is 1. The largest absolute Gasteiger partial charge is 0.370 e. The fourth-order valence-corrected chi connectivity index (χ4v) is 4.00. The summed E-state index contributed by atoms with van der Waals surface area (Å²) in [6.45, 7) is 0. The number of rotatable bonds is 3. The van der Waals surface area contributed by atoms with E-state index in [2.05, 4.69) is 0 Å². The van der Waals surface area contributed by atoms with Crippen LogP contribution < -0.4 is 4.90 Å². The van der Waals surface area contributed by atoms with Crippen LogP contribution in [0.5, 0.6) is 0 Å². The molecule has 0 aliphatic carbocycles. The van der Waals surface area contributed by atoms with Gasteiger partial charge in [0, 0.05) is 13.1 Å². The summed E-state index contributed by atoms with van der Waals surface area (Å²) in [5.74, 6) is -0.387. The van der Waals surface area contributed by atoms with Crippen molar-refractivity contribution >= 4 is 21.8 Å². The Morgan fingerprint density at radius 2 is 2.17 bits per heavy atom. The van der Waals surface area contributed by atoms with Gasteiger partial charge in [-0.25, -0.2) is 12.8 Å². The summed E-state index contributed by atoms with van der Waals surface area (Å²) in [5, 5.41) is 0. The molecule has 1 fully saturated rings. The second kappa shape index (κ2) is 4.68. The molecule has 0 saturated carbocycles. The third-order valence-electron chi connectivity index (χ3n) is 3.28. The molecule has 2 rings (SSSR count). The molecular weight excluding hydrogens is 257 g/mol. The highest BCUT2D eigenvalue weighted by molar-refractivity contribution is 7.91. The van der Waals surface area contributed by atoms with Gasteiger partial charge in [0.25, 0.3) is 0 Å². The van der Waals surface area contributed by atoms with Gasteiger partial charge in [-0.3, -0.25) is 4.79 Å². The number of anilines is 1. The topological polar surface area (TPSA) is 54.5 Å². The molecule has 1 unspecified atom stereocenters. The lowest BCUT2D eigenvalue weighted by atomic mass is 10.1. The lowest BCUT2D eigenvalue weighted by Gasteiger charge is -2.26. The van der Waals surface area contributed by atoms with E-state index in [-0.39, 0.29) is 23.1 Å². The molecule has 6 heteroatoms. The van der Waals surface area contributed by atoms with E-state index in [9.17, 15) is 17.6 Å². The molecular formula is C12H14FNO3S. The van der Waals surface area contributed by atoms with Crippen molar-refractivity contribution in [2.45, 2.75) is 12.5 Å². The van der Waals surface area contributed by atoms with E-state index in [1.165, 1.54) is 12.1 Å². The van der Waals surface area contributed by atoms with Gasteiger partial charge in [-0.05, 0) is 18.6 Å². The van der Waals surface area contributed by atoms with Crippen molar-refractivity contribution in [3.05, 3.63) is 29.6 Å². The second-order valence-corrected chi connectivity index (χ2v) is 6.69. The monoisotopic (exact) mass is 271 g/mol. The Hall–Kier alpha value is -1.43. The van der Waals surface area contributed by atoms with Gasteiger partial charge < -0.3 is 4.90 Å². The van der Waals surface area contributed by atoms with Gasteiger partial charge in [-0.2, -0.15) is 0 Å². The Bertz CT molecular complexity index is 571. The number of nitrogens with zero attached hydrogens (tertiary/aromatic N) is 1. The molecule has 1 heterocycles. The van der Waals surface area contributed by atoms with Gasteiger partial charge in [-0.1, -0.05) is 6.07 Å². The normalized spacial score (nSPS) is 21.8. The Morgan fingerprint density at radius 3 is 2.72 bits per heavy atom. The number of halogens is 1. The van der Waals surface area contributed by atoms with Gasteiger partial charge in [0.2, 0.25) is 0 Å². The van der Waals surface area contributed by atoms with Crippen LogP contribution in [0.4, 0.5) is 10.1 Å². The summed E-state index contributed by atoms with van der Waals surface area (Å²) in [6.07, 6.45) is 0.970. The zero-order chi connectivity index (χ0) is 13.3. The first kappa shape index (κ1) is 13.0. The maximum atomic E-state index is 13.5. The maximum Gasteiger partial charge on any atom is 0.155 e. The highest BCUT2D eigenvalue weighted by atomic mass is 32.2. The number of aldehydes is 1. The highest BCUT2D eigenvalue weighted by Crippen LogP contribution is 2.26. The molecule has 4 nitrogen and oxygen atoms in total. The summed E-state index contributed by atoms with van der Waals surface area (Å²) in [4.78, 5) is 12.6. The molecule has 0 bridgehead atoms. The number of benzene rings is 1. The van der Waals surface area contributed by atoms with Crippen LogP contribution in [0.3, 0.4) is 0 Å². The van der Waals surface area contributed by atoms with Crippen LogP contribution in [0.1, 0.15) is 16.8 Å². The van der Waals surface area contributed by atoms with E-state index in [0.717, 1.165) is 0 Å². The van der Waals surface area contributed by atoms with E-state index in [4.69, 9.17) is 0 Å². The summed E-state index contributed by atoms with van der Waals surface area (Å²) in [6, 6.07) is 4.15. The van der Waals surface area contributed by atoms with Crippen LogP contribution in [-0.2, 0) is 9.84 Å². The average Bonchev–Trinajstić information content (AvgIpc) is 2.68. The minimum Gasteiger partial charge on any atom is -0.370 e. The van der Waals surface area contributed by atoms with Gasteiger partial charge in [0.15, 0.2) is 16.1 Å². The molecule has 98 valence electrons. The second-order valence-electron chi connectivity index (χ2n) is 4.46. The predicted octanol–water partition coefficient (Wildman–Crippen LogP) is 1.26. The third-order valence-corrected chi connectivity index (χ3v) is 5.03. The first-order chi connectivity index (χ1) is 8.44. The summed E-state index contributed by atoms with van der Waals surface area (Å²) < 4.78 is 36.3. The quantitative estimate of drug-likeness (QED) is 0.777. The van der Waals surface area contributed by atoms with Crippen molar-refractivity contribution in [3.63, 3.8) is 0 Å². The van der Waals surface area contributed by atoms with Gasteiger partial charge >= 0.3 is 0 Å². The van der Waals surface area contributed by atoms with Crippen LogP contribution in [0.2, 0.25) is 0 Å². The van der Waals surface area contributed by atoms with Crippen molar-refractivity contribution < 1.29 is 17.6 Å². The van der Waals surface area contributed by atoms with E-state index < -0.39 is 15.7 Å². The van der Waals surface area contributed by atoms with Crippen LogP contribution >= 0.6 is 0 Å². The van der Waals surface area contributed by atoms with E-state index in [1.54, 1.807) is 18.0 Å². The SMILES string of the molecule is CN(c1cccc(F)c1C=O)C1CCS(=O)(=O)C1.